The fourth-order valence-corrected chi connectivity index (χ4v) is 3.56. The van der Waals surface area contributed by atoms with Crippen molar-refractivity contribution in [2.75, 3.05) is 24.3 Å². The average molecular weight is 391 g/mol. The SMILES string of the molecule is CN(c1nc(N)nc2c1ncn2C1CC(O)C(CO)C1)C1CC1.Cl.Cl. The first-order chi connectivity index (χ1) is 11.1. The second-order valence-corrected chi connectivity index (χ2v) is 6.71. The Bertz CT molecular complexity index is 738. The number of aromatic nitrogens is 4. The van der Waals surface area contributed by atoms with Crippen LogP contribution in [0.25, 0.3) is 11.2 Å². The number of halogens is 2. The first kappa shape index (κ1) is 20.0. The lowest BCUT2D eigenvalue weighted by Gasteiger charge is -2.18. The summed E-state index contributed by atoms with van der Waals surface area (Å²) < 4.78 is 1.97. The Balaban J connectivity index is 0.00000113. The number of nitrogens with two attached hydrogens (primary N) is 1. The lowest BCUT2D eigenvalue weighted by atomic mass is 10.1. The van der Waals surface area contributed by atoms with E-state index in [0.29, 0.717) is 24.5 Å². The molecule has 2 aromatic rings. The zero-order valence-corrected chi connectivity index (χ0v) is 15.6. The lowest BCUT2D eigenvalue weighted by molar-refractivity contribution is 0.0906. The maximum absolute atomic E-state index is 10.0. The highest BCUT2D eigenvalue weighted by molar-refractivity contribution is 5.86. The van der Waals surface area contributed by atoms with Gasteiger partial charge in [0.25, 0.3) is 0 Å². The zero-order chi connectivity index (χ0) is 16.1. The summed E-state index contributed by atoms with van der Waals surface area (Å²) in [6.45, 7) is -0.00289. The molecule has 2 fully saturated rings. The third kappa shape index (κ3) is 3.48. The van der Waals surface area contributed by atoms with Gasteiger partial charge in [-0.1, -0.05) is 0 Å². The summed E-state index contributed by atoms with van der Waals surface area (Å²) in [5, 5.41) is 19.4. The summed E-state index contributed by atoms with van der Waals surface area (Å²) in [5.74, 6) is 0.912. The highest BCUT2D eigenvalue weighted by Gasteiger charge is 2.35. The summed E-state index contributed by atoms with van der Waals surface area (Å²) in [6, 6.07) is 0.574. The first-order valence-corrected chi connectivity index (χ1v) is 8.10. The molecule has 8 nitrogen and oxygen atoms in total. The van der Waals surface area contributed by atoms with E-state index in [-0.39, 0.29) is 49.3 Å². The number of anilines is 2. The van der Waals surface area contributed by atoms with Crippen LogP contribution in [0.1, 0.15) is 31.7 Å². The number of hydrogen-bond donors (Lipinski definition) is 3. The van der Waals surface area contributed by atoms with Crippen molar-refractivity contribution in [3.05, 3.63) is 6.33 Å². The maximum Gasteiger partial charge on any atom is 0.224 e. The number of hydrogen-bond acceptors (Lipinski definition) is 7. The van der Waals surface area contributed by atoms with Crippen molar-refractivity contribution in [1.29, 1.82) is 0 Å². The van der Waals surface area contributed by atoms with E-state index >= 15 is 0 Å². The van der Waals surface area contributed by atoms with Crippen LogP contribution < -0.4 is 10.6 Å². The monoisotopic (exact) mass is 390 g/mol. The van der Waals surface area contributed by atoms with E-state index in [1.54, 1.807) is 6.33 Å². The number of rotatable bonds is 4. The van der Waals surface area contributed by atoms with Crippen molar-refractivity contribution in [2.24, 2.45) is 5.92 Å². The first-order valence-electron chi connectivity index (χ1n) is 8.10. The number of aliphatic hydroxyl groups is 2. The number of fused-ring (bicyclic) bond motifs is 1. The topological polar surface area (TPSA) is 113 Å². The van der Waals surface area contributed by atoms with E-state index in [0.717, 1.165) is 24.2 Å². The van der Waals surface area contributed by atoms with Gasteiger partial charge in [-0.05, 0) is 25.7 Å². The van der Waals surface area contributed by atoms with Crippen LogP contribution in [0.15, 0.2) is 6.33 Å². The summed E-state index contributed by atoms with van der Waals surface area (Å²) in [6.07, 6.45) is 4.89. The molecule has 2 aromatic heterocycles. The van der Waals surface area contributed by atoms with E-state index in [4.69, 9.17) is 5.73 Å². The Labute approximate surface area is 158 Å². The molecular weight excluding hydrogens is 367 g/mol. The molecule has 0 saturated heterocycles. The normalized spacial score (nSPS) is 25.5. The van der Waals surface area contributed by atoms with Crippen LogP contribution in [0.5, 0.6) is 0 Å². The molecule has 0 radical (unpaired) electrons. The Morgan fingerprint density at radius 1 is 1.28 bits per heavy atom. The molecule has 2 aliphatic rings. The van der Waals surface area contributed by atoms with E-state index in [1.165, 1.54) is 0 Å². The van der Waals surface area contributed by atoms with E-state index < -0.39 is 6.10 Å². The van der Waals surface area contributed by atoms with Crippen LogP contribution in [0.2, 0.25) is 0 Å². The molecule has 0 aromatic carbocycles. The van der Waals surface area contributed by atoms with E-state index in [1.807, 2.05) is 11.6 Å². The van der Waals surface area contributed by atoms with Crippen LogP contribution in [0.4, 0.5) is 11.8 Å². The highest BCUT2D eigenvalue weighted by atomic mass is 35.5. The number of imidazole rings is 1. The van der Waals surface area contributed by atoms with Crippen LogP contribution in [-0.4, -0.2) is 55.5 Å². The molecule has 4 rings (SSSR count). The smallest absolute Gasteiger partial charge is 0.224 e. The van der Waals surface area contributed by atoms with Gasteiger partial charge in [-0.3, -0.25) is 0 Å². The van der Waals surface area contributed by atoms with Crippen molar-refractivity contribution < 1.29 is 10.2 Å². The lowest BCUT2D eigenvalue weighted by Crippen LogP contribution is -2.22. The van der Waals surface area contributed by atoms with Gasteiger partial charge in [-0.2, -0.15) is 9.97 Å². The number of nitrogens with zero attached hydrogens (tertiary/aromatic N) is 5. The minimum Gasteiger partial charge on any atom is -0.396 e. The molecule has 4 N–H and O–H groups in total. The van der Waals surface area contributed by atoms with Crippen LogP contribution >= 0.6 is 24.8 Å². The molecule has 0 amide bonds. The van der Waals surface area contributed by atoms with Gasteiger partial charge in [-0.25, -0.2) is 4.98 Å². The second kappa shape index (κ2) is 7.49. The van der Waals surface area contributed by atoms with Crippen LogP contribution in [0.3, 0.4) is 0 Å². The molecule has 0 aliphatic heterocycles. The predicted octanol–water partition coefficient (Wildman–Crippen LogP) is 1.15. The minimum absolute atomic E-state index is 0. The molecule has 140 valence electrons. The fraction of sp³-hybridized carbons (Fsp3) is 0.667. The Hall–Kier alpha value is -1.35. The Morgan fingerprint density at radius 2 is 2.00 bits per heavy atom. The average Bonchev–Trinajstić information content (AvgIpc) is 3.20. The number of nitrogen functional groups attached to an aromatic ring is 1. The molecule has 0 bridgehead atoms. The molecule has 3 unspecified atom stereocenters. The Kier molecular flexibility index (Phi) is 5.98. The van der Waals surface area contributed by atoms with Gasteiger partial charge in [0, 0.05) is 31.7 Å². The summed E-state index contributed by atoms with van der Waals surface area (Å²) in [5.41, 5.74) is 7.36. The molecule has 3 atom stereocenters. The third-order valence-electron chi connectivity index (χ3n) is 5.11. The highest BCUT2D eigenvalue weighted by Crippen LogP contribution is 2.38. The van der Waals surface area contributed by atoms with Gasteiger partial charge < -0.3 is 25.4 Å². The molecule has 2 heterocycles. The molecule has 2 aliphatic carbocycles. The quantitative estimate of drug-likeness (QED) is 0.717. The van der Waals surface area contributed by atoms with Gasteiger partial charge >= 0.3 is 0 Å². The van der Waals surface area contributed by atoms with Crippen LogP contribution in [0, 0.1) is 5.92 Å². The van der Waals surface area contributed by atoms with Gasteiger partial charge in [0.15, 0.2) is 17.0 Å². The van der Waals surface area contributed by atoms with Gasteiger partial charge in [-0.15, -0.1) is 24.8 Å². The summed E-state index contributed by atoms with van der Waals surface area (Å²) in [7, 11) is 2.01. The summed E-state index contributed by atoms with van der Waals surface area (Å²) in [4.78, 5) is 15.4. The van der Waals surface area contributed by atoms with E-state index in [9.17, 15) is 10.2 Å². The van der Waals surface area contributed by atoms with Crippen molar-refractivity contribution in [2.45, 2.75) is 43.9 Å². The molecular formula is C15H24Cl2N6O2. The van der Waals surface area contributed by atoms with Crippen molar-refractivity contribution >= 4 is 47.7 Å². The van der Waals surface area contributed by atoms with Crippen molar-refractivity contribution in [3.8, 4) is 0 Å². The second-order valence-electron chi connectivity index (χ2n) is 6.71. The Morgan fingerprint density at radius 3 is 2.60 bits per heavy atom. The molecule has 2 saturated carbocycles. The standard InChI is InChI=1S/C15H22N6O2.2ClH/c1-20(9-2-3-9)13-12-14(19-15(16)18-13)21(7-17-12)10-4-8(6-22)11(23)5-10;;/h7-11,22-23H,2-6H2,1H3,(H2,16,18,19);2*1H. The largest absolute Gasteiger partial charge is 0.396 e. The fourth-order valence-electron chi connectivity index (χ4n) is 3.56. The van der Waals surface area contributed by atoms with Gasteiger partial charge in [0.05, 0.1) is 12.4 Å². The predicted molar refractivity (Wildman–Crippen MR) is 101 cm³/mol. The molecule has 0 spiro atoms. The van der Waals surface area contributed by atoms with E-state index in [2.05, 4.69) is 19.9 Å². The maximum atomic E-state index is 10.0. The third-order valence-corrected chi connectivity index (χ3v) is 5.11. The van der Waals surface area contributed by atoms with Crippen molar-refractivity contribution in [3.63, 3.8) is 0 Å². The molecule has 25 heavy (non-hydrogen) atoms. The minimum atomic E-state index is -0.491. The number of aliphatic hydroxyl groups excluding tert-OH is 2. The molecule has 10 heteroatoms. The summed E-state index contributed by atoms with van der Waals surface area (Å²) >= 11 is 0. The van der Waals surface area contributed by atoms with Crippen molar-refractivity contribution in [1.82, 2.24) is 19.5 Å². The van der Waals surface area contributed by atoms with Gasteiger partial charge in [0.1, 0.15) is 0 Å². The van der Waals surface area contributed by atoms with Crippen LogP contribution in [-0.2, 0) is 0 Å². The van der Waals surface area contributed by atoms with Gasteiger partial charge in [0.2, 0.25) is 5.95 Å². The zero-order valence-electron chi connectivity index (χ0n) is 13.9.